The number of carbonyl (C=O) groups is 1. The van der Waals surface area contributed by atoms with Crippen molar-refractivity contribution in [2.24, 2.45) is 5.92 Å². The van der Waals surface area contributed by atoms with E-state index in [1.165, 1.54) is 4.88 Å². The molecule has 1 heterocycles. The van der Waals surface area contributed by atoms with Gasteiger partial charge < -0.3 is 10.6 Å². The summed E-state index contributed by atoms with van der Waals surface area (Å²) in [6.45, 7) is 0.654. The molecule has 5 heteroatoms. The lowest BCUT2D eigenvalue weighted by atomic mass is 9.85. The zero-order valence-electron chi connectivity index (χ0n) is 10.5. The highest BCUT2D eigenvalue weighted by atomic mass is 79.9. The second kappa shape index (κ2) is 6.68. The van der Waals surface area contributed by atoms with Crippen molar-refractivity contribution in [3.05, 3.63) is 20.8 Å². The summed E-state index contributed by atoms with van der Waals surface area (Å²) in [6.07, 6.45) is 4.23. The maximum atomic E-state index is 12.0. The summed E-state index contributed by atoms with van der Waals surface area (Å²) in [7, 11) is 2.00. The van der Waals surface area contributed by atoms with Crippen LogP contribution in [0.1, 0.15) is 30.6 Å². The molecule has 0 spiro atoms. The summed E-state index contributed by atoms with van der Waals surface area (Å²) in [5, 5.41) is 6.33. The molecule has 3 nitrogen and oxygen atoms in total. The quantitative estimate of drug-likeness (QED) is 0.891. The summed E-state index contributed by atoms with van der Waals surface area (Å²) >= 11 is 5.10. The van der Waals surface area contributed by atoms with E-state index >= 15 is 0 Å². The minimum absolute atomic E-state index is 0.206. The monoisotopic (exact) mass is 330 g/mol. The smallest absolute Gasteiger partial charge is 0.223 e. The number of halogens is 1. The van der Waals surface area contributed by atoms with Crippen molar-refractivity contribution in [3.63, 3.8) is 0 Å². The Bertz CT molecular complexity index is 399. The van der Waals surface area contributed by atoms with Crippen molar-refractivity contribution >= 4 is 33.2 Å². The Morgan fingerprint density at radius 3 is 2.67 bits per heavy atom. The summed E-state index contributed by atoms with van der Waals surface area (Å²) < 4.78 is 1.11. The Labute approximate surface area is 120 Å². The molecule has 18 heavy (non-hydrogen) atoms. The van der Waals surface area contributed by atoms with Crippen LogP contribution in [0.5, 0.6) is 0 Å². The Kier molecular flexibility index (Phi) is 5.21. The Hall–Kier alpha value is -0.390. The van der Waals surface area contributed by atoms with Gasteiger partial charge in [-0.1, -0.05) is 0 Å². The molecule has 100 valence electrons. The predicted octanol–water partition coefficient (Wildman–Crippen LogP) is 2.91. The van der Waals surface area contributed by atoms with E-state index in [2.05, 4.69) is 26.6 Å². The fraction of sp³-hybridized carbons (Fsp3) is 0.615. The van der Waals surface area contributed by atoms with Gasteiger partial charge in [0, 0.05) is 16.8 Å². The number of nitrogens with one attached hydrogen (secondary N) is 2. The van der Waals surface area contributed by atoms with Crippen LogP contribution in [0.15, 0.2) is 15.9 Å². The van der Waals surface area contributed by atoms with Crippen LogP contribution in [0.2, 0.25) is 0 Å². The number of rotatable bonds is 4. The maximum absolute atomic E-state index is 12.0. The standard InChI is InChI=1S/C13H19BrN2OS/c1-15-10-4-2-9(3-5-10)13(17)16-8-11-6-7-12(14)18-11/h6-7,9-10,15H,2-5,8H2,1H3,(H,16,17). The third-order valence-corrected chi connectivity index (χ3v) is 5.20. The highest BCUT2D eigenvalue weighted by molar-refractivity contribution is 9.11. The summed E-state index contributed by atoms with van der Waals surface area (Å²) in [5.41, 5.74) is 0. The van der Waals surface area contributed by atoms with Gasteiger partial charge in [0.1, 0.15) is 0 Å². The summed E-state index contributed by atoms with van der Waals surface area (Å²) in [6, 6.07) is 4.67. The highest BCUT2D eigenvalue weighted by Crippen LogP contribution is 2.25. The zero-order chi connectivity index (χ0) is 13.0. The highest BCUT2D eigenvalue weighted by Gasteiger charge is 2.25. The van der Waals surface area contributed by atoms with Crippen LogP contribution in [-0.2, 0) is 11.3 Å². The van der Waals surface area contributed by atoms with Crippen molar-refractivity contribution in [2.45, 2.75) is 38.3 Å². The average Bonchev–Trinajstić information content (AvgIpc) is 2.82. The SMILES string of the molecule is CNC1CCC(C(=O)NCc2ccc(Br)s2)CC1. The third kappa shape index (κ3) is 3.80. The lowest BCUT2D eigenvalue weighted by Gasteiger charge is -2.27. The summed E-state index contributed by atoms with van der Waals surface area (Å²) in [5.74, 6) is 0.423. The Balaban J connectivity index is 1.75. The number of hydrogen-bond acceptors (Lipinski definition) is 3. The van der Waals surface area contributed by atoms with Gasteiger partial charge in [0.25, 0.3) is 0 Å². The molecular formula is C13H19BrN2OS. The minimum Gasteiger partial charge on any atom is -0.351 e. The topological polar surface area (TPSA) is 41.1 Å². The normalized spacial score (nSPS) is 23.9. The van der Waals surface area contributed by atoms with Crippen LogP contribution in [0.3, 0.4) is 0 Å². The molecule has 1 aliphatic carbocycles. The van der Waals surface area contributed by atoms with E-state index in [1.54, 1.807) is 11.3 Å². The van der Waals surface area contributed by atoms with Crippen LogP contribution >= 0.6 is 27.3 Å². The van der Waals surface area contributed by atoms with Gasteiger partial charge in [0.2, 0.25) is 5.91 Å². The van der Waals surface area contributed by atoms with E-state index in [1.807, 2.05) is 19.2 Å². The minimum atomic E-state index is 0.206. The molecule has 0 unspecified atom stereocenters. The molecular weight excluding hydrogens is 312 g/mol. The zero-order valence-corrected chi connectivity index (χ0v) is 12.9. The number of hydrogen-bond donors (Lipinski definition) is 2. The van der Waals surface area contributed by atoms with E-state index < -0.39 is 0 Å². The van der Waals surface area contributed by atoms with Gasteiger partial charge >= 0.3 is 0 Å². The van der Waals surface area contributed by atoms with Crippen LogP contribution in [0, 0.1) is 5.92 Å². The number of amides is 1. The van der Waals surface area contributed by atoms with E-state index in [-0.39, 0.29) is 11.8 Å². The molecule has 0 saturated heterocycles. The first-order valence-electron chi connectivity index (χ1n) is 6.38. The van der Waals surface area contributed by atoms with Gasteiger partial charge in [-0.3, -0.25) is 4.79 Å². The van der Waals surface area contributed by atoms with Gasteiger partial charge in [-0.15, -0.1) is 11.3 Å². The van der Waals surface area contributed by atoms with Crippen molar-refractivity contribution in [3.8, 4) is 0 Å². The molecule has 2 rings (SSSR count). The van der Waals surface area contributed by atoms with Crippen molar-refractivity contribution < 1.29 is 4.79 Å². The third-order valence-electron chi connectivity index (χ3n) is 3.57. The lowest BCUT2D eigenvalue weighted by molar-refractivity contribution is -0.126. The Morgan fingerprint density at radius 2 is 2.11 bits per heavy atom. The number of carbonyl (C=O) groups excluding carboxylic acids is 1. The lowest BCUT2D eigenvalue weighted by Crippen LogP contribution is -2.37. The van der Waals surface area contributed by atoms with Gasteiger partial charge in [-0.05, 0) is 60.8 Å². The molecule has 1 aliphatic rings. The largest absolute Gasteiger partial charge is 0.351 e. The molecule has 0 radical (unpaired) electrons. The van der Waals surface area contributed by atoms with Gasteiger partial charge in [0.15, 0.2) is 0 Å². The summed E-state index contributed by atoms with van der Waals surface area (Å²) in [4.78, 5) is 13.2. The molecule has 1 aromatic heterocycles. The first-order valence-corrected chi connectivity index (χ1v) is 7.99. The molecule has 0 aromatic carbocycles. The van der Waals surface area contributed by atoms with E-state index in [4.69, 9.17) is 0 Å². The van der Waals surface area contributed by atoms with Gasteiger partial charge in [-0.25, -0.2) is 0 Å². The average molecular weight is 331 g/mol. The fourth-order valence-electron chi connectivity index (χ4n) is 2.41. The van der Waals surface area contributed by atoms with Crippen LogP contribution in [0.25, 0.3) is 0 Å². The van der Waals surface area contributed by atoms with Crippen LogP contribution in [0.4, 0.5) is 0 Å². The molecule has 1 amide bonds. The molecule has 1 aromatic rings. The molecule has 2 N–H and O–H groups in total. The van der Waals surface area contributed by atoms with Crippen LogP contribution < -0.4 is 10.6 Å². The van der Waals surface area contributed by atoms with E-state index in [0.717, 1.165) is 29.5 Å². The van der Waals surface area contributed by atoms with Crippen molar-refractivity contribution in [1.82, 2.24) is 10.6 Å². The van der Waals surface area contributed by atoms with Crippen molar-refractivity contribution in [1.29, 1.82) is 0 Å². The Morgan fingerprint density at radius 1 is 1.39 bits per heavy atom. The van der Waals surface area contributed by atoms with Crippen LogP contribution in [-0.4, -0.2) is 19.0 Å². The van der Waals surface area contributed by atoms with Gasteiger partial charge in [-0.2, -0.15) is 0 Å². The molecule has 1 fully saturated rings. The first kappa shape index (κ1) is 14.0. The van der Waals surface area contributed by atoms with Crippen molar-refractivity contribution in [2.75, 3.05) is 7.05 Å². The molecule has 1 saturated carbocycles. The molecule has 0 atom stereocenters. The number of thiophene rings is 1. The molecule has 0 bridgehead atoms. The second-order valence-corrected chi connectivity index (χ2v) is 7.31. The van der Waals surface area contributed by atoms with E-state index in [9.17, 15) is 4.79 Å². The fourth-order valence-corrected chi connectivity index (χ4v) is 3.83. The van der Waals surface area contributed by atoms with Gasteiger partial charge in [0.05, 0.1) is 10.3 Å². The second-order valence-electron chi connectivity index (χ2n) is 4.76. The maximum Gasteiger partial charge on any atom is 0.223 e. The molecule has 0 aliphatic heterocycles. The van der Waals surface area contributed by atoms with E-state index in [0.29, 0.717) is 12.6 Å². The first-order chi connectivity index (χ1) is 8.69. The predicted molar refractivity (Wildman–Crippen MR) is 78.7 cm³/mol.